The monoisotopic (exact) mass is 354 g/mol. The van der Waals surface area contributed by atoms with Crippen molar-refractivity contribution in [1.29, 1.82) is 0 Å². The van der Waals surface area contributed by atoms with Crippen molar-refractivity contribution >= 4 is 31.9 Å². The van der Waals surface area contributed by atoms with Crippen molar-refractivity contribution < 1.29 is 9.47 Å². The largest absolute Gasteiger partial charge is 0.345 e. The first-order valence-electron chi connectivity index (χ1n) is 6.32. The Morgan fingerprint density at radius 3 is 1.69 bits per heavy atom. The molecule has 16 heavy (non-hydrogen) atoms. The van der Waals surface area contributed by atoms with Gasteiger partial charge in [0.25, 0.3) is 0 Å². The van der Waals surface area contributed by atoms with Gasteiger partial charge >= 0.3 is 0 Å². The molecule has 2 aliphatic rings. The van der Waals surface area contributed by atoms with E-state index in [1.807, 2.05) is 0 Å². The standard InChI is InChI=1S/C12H20Br2O2/c13-10-6-4-2-1-3-5-7-11(14)12(10)15-8-9-16-12/h10-11H,1-9H2/t10-,11+. The number of hydrogen-bond donors (Lipinski definition) is 0. The number of halogens is 2. The molecule has 0 bridgehead atoms. The van der Waals surface area contributed by atoms with Gasteiger partial charge in [-0.2, -0.15) is 0 Å². The minimum atomic E-state index is -0.419. The van der Waals surface area contributed by atoms with Crippen LogP contribution in [0.25, 0.3) is 0 Å². The zero-order valence-corrected chi connectivity index (χ0v) is 12.8. The molecular formula is C12H20Br2O2. The highest BCUT2D eigenvalue weighted by Gasteiger charge is 2.48. The molecule has 1 aliphatic carbocycles. The van der Waals surface area contributed by atoms with E-state index in [9.17, 15) is 0 Å². The van der Waals surface area contributed by atoms with Crippen LogP contribution in [0.2, 0.25) is 0 Å². The Hall–Kier alpha value is 0.880. The number of rotatable bonds is 0. The van der Waals surface area contributed by atoms with Crippen LogP contribution in [0.3, 0.4) is 0 Å². The molecule has 1 spiro atoms. The molecule has 0 radical (unpaired) electrons. The molecule has 0 N–H and O–H groups in total. The molecule has 2 nitrogen and oxygen atoms in total. The minimum Gasteiger partial charge on any atom is -0.345 e. The molecule has 2 fully saturated rings. The fraction of sp³-hybridized carbons (Fsp3) is 1.00. The smallest absolute Gasteiger partial charge is 0.193 e. The summed E-state index contributed by atoms with van der Waals surface area (Å²) in [5.41, 5.74) is 0. The van der Waals surface area contributed by atoms with Crippen molar-refractivity contribution in [2.24, 2.45) is 0 Å². The summed E-state index contributed by atoms with van der Waals surface area (Å²) in [5.74, 6) is -0.419. The predicted octanol–water partition coefficient (Wildman–Crippen LogP) is 4.00. The summed E-state index contributed by atoms with van der Waals surface area (Å²) in [5, 5.41) is 0. The van der Waals surface area contributed by atoms with E-state index in [0.29, 0.717) is 9.65 Å². The maximum Gasteiger partial charge on any atom is 0.193 e. The molecule has 4 heteroatoms. The molecule has 0 aromatic rings. The summed E-state index contributed by atoms with van der Waals surface area (Å²) in [6, 6.07) is 0. The van der Waals surface area contributed by atoms with E-state index in [1.165, 1.54) is 32.1 Å². The van der Waals surface area contributed by atoms with Crippen LogP contribution in [0.15, 0.2) is 0 Å². The van der Waals surface area contributed by atoms with E-state index < -0.39 is 5.79 Å². The second kappa shape index (κ2) is 6.17. The Balaban J connectivity index is 2.07. The van der Waals surface area contributed by atoms with Gasteiger partial charge in [-0.3, -0.25) is 0 Å². The van der Waals surface area contributed by atoms with Gasteiger partial charge < -0.3 is 9.47 Å². The van der Waals surface area contributed by atoms with E-state index in [2.05, 4.69) is 31.9 Å². The zero-order valence-electron chi connectivity index (χ0n) is 9.59. The molecule has 2 rings (SSSR count). The summed E-state index contributed by atoms with van der Waals surface area (Å²) < 4.78 is 11.8. The highest BCUT2D eigenvalue weighted by molar-refractivity contribution is 9.10. The molecule has 1 saturated heterocycles. The highest BCUT2D eigenvalue weighted by atomic mass is 79.9. The zero-order chi connectivity index (χ0) is 11.4. The van der Waals surface area contributed by atoms with Gasteiger partial charge in [0.05, 0.1) is 22.9 Å². The third-order valence-corrected chi connectivity index (χ3v) is 5.72. The Morgan fingerprint density at radius 1 is 0.750 bits per heavy atom. The van der Waals surface area contributed by atoms with Gasteiger partial charge in [0.2, 0.25) is 0 Å². The lowest BCUT2D eigenvalue weighted by atomic mass is 9.96. The maximum absolute atomic E-state index is 5.92. The van der Waals surface area contributed by atoms with Crippen LogP contribution in [-0.4, -0.2) is 28.7 Å². The highest BCUT2D eigenvalue weighted by Crippen LogP contribution is 2.40. The summed E-state index contributed by atoms with van der Waals surface area (Å²) in [4.78, 5) is 0.620. The summed E-state index contributed by atoms with van der Waals surface area (Å²) in [6.45, 7) is 1.45. The van der Waals surface area contributed by atoms with Crippen LogP contribution in [0, 0.1) is 0 Å². The van der Waals surface area contributed by atoms with Gasteiger partial charge in [-0.15, -0.1) is 0 Å². The molecule has 0 aromatic carbocycles. The first-order chi connectivity index (χ1) is 7.76. The lowest BCUT2D eigenvalue weighted by Gasteiger charge is -2.37. The predicted molar refractivity (Wildman–Crippen MR) is 72.4 cm³/mol. The Labute approximate surface area is 115 Å². The van der Waals surface area contributed by atoms with Gasteiger partial charge in [0.1, 0.15) is 0 Å². The fourth-order valence-electron chi connectivity index (χ4n) is 2.58. The van der Waals surface area contributed by atoms with E-state index in [4.69, 9.17) is 9.47 Å². The Kier molecular flexibility index (Phi) is 5.13. The third kappa shape index (κ3) is 2.82. The van der Waals surface area contributed by atoms with E-state index in [1.54, 1.807) is 0 Å². The summed E-state index contributed by atoms with van der Waals surface area (Å²) in [6.07, 6.45) is 8.86. The first kappa shape index (κ1) is 13.3. The SMILES string of the molecule is Br[C@@H]1CCCCCCC[C@H](Br)C12OCCO2. The molecule has 94 valence electrons. The van der Waals surface area contributed by atoms with Crippen molar-refractivity contribution in [3.05, 3.63) is 0 Å². The van der Waals surface area contributed by atoms with Crippen molar-refractivity contribution in [2.45, 2.75) is 60.4 Å². The lowest BCUT2D eigenvalue weighted by molar-refractivity contribution is -0.156. The van der Waals surface area contributed by atoms with E-state index in [0.717, 1.165) is 26.1 Å². The average molecular weight is 356 g/mol. The Morgan fingerprint density at radius 2 is 1.19 bits per heavy atom. The molecule has 0 amide bonds. The number of alkyl halides is 2. The third-order valence-electron chi connectivity index (χ3n) is 3.53. The molecule has 1 aliphatic heterocycles. The van der Waals surface area contributed by atoms with Crippen LogP contribution in [0.1, 0.15) is 44.9 Å². The Bertz CT molecular complexity index is 201. The van der Waals surface area contributed by atoms with Crippen LogP contribution in [-0.2, 0) is 9.47 Å². The van der Waals surface area contributed by atoms with Crippen molar-refractivity contribution in [1.82, 2.24) is 0 Å². The normalized spacial score (nSPS) is 36.4. The summed E-state index contributed by atoms with van der Waals surface area (Å²) >= 11 is 7.56. The second-order valence-electron chi connectivity index (χ2n) is 4.70. The molecular weight excluding hydrogens is 336 g/mol. The number of hydrogen-bond acceptors (Lipinski definition) is 2. The second-order valence-corrected chi connectivity index (χ2v) is 6.91. The topological polar surface area (TPSA) is 18.5 Å². The van der Waals surface area contributed by atoms with Crippen LogP contribution in [0.5, 0.6) is 0 Å². The maximum atomic E-state index is 5.92. The van der Waals surface area contributed by atoms with Crippen molar-refractivity contribution in [3.63, 3.8) is 0 Å². The molecule has 0 unspecified atom stereocenters. The van der Waals surface area contributed by atoms with Crippen LogP contribution < -0.4 is 0 Å². The van der Waals surface area contributed by atoms with Crippen molar-refractivity contribution in [3.8, 4) is 0 Å². The van der Waals surface area contributed by atoms with Crippen LogP contribution >= 0.6 is 31.9 Å². The quantitative estimate of drug-likeness (QED) is 0.611. The molecule has 1 saturated carbocycles. The van der Waals surface area contributed by atoms with Gasteiger partial charge in [0.15, 0.2) is 5.79 Å². The van der Waals surface area contributed by atoms with Crippen LogP contribution in [0.4, 0.5) is 0 Å². The molecule has 1 heterocycles. The summed E-state index contributed by atoms with van der Waals surface area (Å²) in [7, 11) is 0. The van der Waals surface area contributed by atoms with Gasteiger partial charge in [-0.05, 0) is 12.8 Å². The van der Waals surface area contributed by atoms with Crippen molar-refractivity contribution in [2.75, 3.05) is 13.2 Å². The fourth-order valence-corrected chi connectivity index (χ4v) is 4.75. The van der Waals surface area contributed by atoms with E-state index in [-0.39, 0.29) is 0 Å². The van der Waals surface area contributed by atoms with Gasteiger partial charge in [-0.1, -0.05) is 64.0 Å². The van der Waals surface area contributed by atoms with E-state index >= 15 is 0 Å². The molecule has 0 aromatic heterocycles. The molecule has 2 atom stereocenters. The average Bonchev–Trinajstić information content (AvgIpc) is 2.76. The lowest BCUT2D eigenvalue weighted by Crippen LogP contribution is -2.48. The van der Waals surface area contributed by atoms with Gasteiger partial charge in [-0.25, -0.2) is 0 Å². The minimum absolute atomic E-state index is 0.310. The van der Waals surface area contributed by atoms with Gasteiger partial charge in [0, 0.05) is 0 Å². The first-order valence-corrected chi connectivity index (χ1v) is 8.15. The number of ether oxygens (including phenoxy) is 2.